The van der Waals surface area contributed by atoms with Crippen molar-refractivity contribution < 1.29 is 23.9 Å². The number of Topliss-reactive ketones (excluding diaryl/α,β-unsaturated/α-hetero) is 1. The zero-order valence-corrected chi connectivity index (χ0v) is 15.7. The highest BCUT2D eigenvalue weighted by molar-refractivity contribution is 6.00. The highest BCUT2D eigenvalue weighted by Gasteiger charge is 2.20. The summed E-state index contributed by atoms with van der Waals surface area (Å²) in [4.78, 5) is 47.7. The van der Waals surface area contributed by atoms with Crippen LogP contribution < -0.4 is 10.9 Å². The predicted octanol–water partition coefficient (Wildman–Crippen LogP) is 2.35. The molecule has 7 heteroatoms. The lowest BCUT2D eigenvalue weighted by Gasteiger charge is -2.12. The maximum absolute atomic E-state index is 12.2. The molecule has 0 fully saturated rings. The number of hydrogen-bond acceptors (Lipinski definition) is 5. The lowest BCUT2D eigenvalue weighted by Crippen LogP contribution is -2.41. The van der Waals surface area contributed by atoms with E-state index in [0.717, 1.165) is 5.56 Å². The van der Waals surface area contributed by atoms with Gasteiger partial charge >= 0.3 is 5.97 Å². The van der Waals surface area contributed by atoms with Crippen LogP contribution in [0.15, 0.2) is 54.6 Å². The van der Waals surface area contributed by atoms with Crippen molar-refractivity contribution in [3.8, 4) is 0 Å². The number of amides is 2. The Balaban J connectivity index is 1.72. The Morgan fingerprint density at radius 1 is 0.857 bits per heavy atom. The molecule has 2 aromatic carbocycles. The quantitative estimate of drug-likeness (QED) is 0.435. The van der Waals surface area contributed by atoms with Gasteiger partial charge in [0.25, 0.3) is 5.91 Å². The van der Waals surface area contributed by atoms with Crippen molar-refractivity contribution in [2.45, 2.75) is 32.8 Å². The van der Waals surface area contributed by atoms with Gasteiger partial charge in [-0.05, 0) is 26.0 Å². The van der Waals surface area contributed by atoms with Gasteiger partial charge in [-0.15, -0.1) is 0 Å². The maximum atomic E-state index is 12.2. The van der Waals surface area contributed by atoms with E-state index >= 15 is 0 Å². The first kappa shape index (κ1) is 20.8. The summed E-state index contributed by atoms with van der Waals surface area (Å²) < 4.78 is 5.09. The summed E-state index contributed by atoms with van der Waals surface area (Å²) in [5.41, 5.74) is 6.36. The molecule has 2 rings (SSSR count). The molecule has 2 aromatic rings. The smallest absolute Gasteiger partial charge is 0.307 e. The number of rotatable bonds is 7. The zero-order chi connectivity index (χ0) is 20.5. The molecular formula is C21H22N2O5. The van der Waals surface area contributed by atoms with Gasteiger partial charge in [0.15, 0.2) is 6.10 Å². The van der Waals surface area contributed by atoms with Crippen molar-refractivity contribution in [1.82, 2.24) is 10.9 Å². The molecule has 0 aliphatic rings. The molecule has 0 heterocycles. The van der Waals surface area contributed by atoms with Crippen LogP contribution >= 0.6 is 0 Å². The van der Waals surface area contributed by atoms with Crippen molar-refractivity contribution in [3.63, 3.8) is 0 Å². The molecule has 0 aliphatic carbocycles. The molecule has 1 unspecified atom stereocenters. The van der Waals surface area contributed by atoms with E-state index in [0.29, 0.717) is 11.1 Å². The van der Waals surface area contributed by atoms with Gasteiger partial charge in [-0.25, -0.2) is 0 Å². The van der Waals surface area contributed by atoms with Crippen LogP contribution in [0.3, 0.4) is 0 Å². The van der Waals surface area contributed by atoms with Crippen LogP contribution in [0.1, 0.15) is 46.0 Å². The summed E-state index contributed by atoms with van der Waals surface area (Å²) in [5, 5.41) is 0. The molecule has 2 N–H and O–H groups in total. The molecule has 2 amide bonds. The van der Waals surface area contributed by atoms with Crippen LogP contribution in [0.4, 0.5) is 0 Å². The second-order valence-electron chi connectivity index (χ2n) is 6.23. The van der Waals surface area contributed by atoms with E-state index in [-0.39, 0.29) is 18.6 Å². The van der Waals surface area contributed by atoms with Crippen LogP contribution in [0.5, 0.6) is 0 Å². The highest BCUT2D eigenvalue weighted by atomic mass is 16.5. The SMILES string of the molecule is Cc1ccc(C(=O)C(C)OC(=O)CCC(=O)NNC(=O)c2ccccc2)cc1. The third kappa shape index (κ3) is 6.35. The van der Waals surface area contributed by atoms with Crippen molar-refractivity contribution in [3.05, 3.63) is 71.3 Å². The highest BCUT2D eigenvalue weighted by Crippen LogP contribution is 2.09. The van der Waals surface area contributed by atoms with E-state index in [2.05, 4.69) is 10.9 Å². The van der Waals surface area contributed by atoms with Gasteiger partial charge in [0, 0.05) is 17.5 Å². The summed E-state index contributed by atoms with van der Waals surface area (Å²) >= 11 is 0. The molecule has 0 saturated carbocycles. The first-order valence-corrected chi connectivity index (χ1v) is 8.81. The second-order valence-corrected chi connectivity index (χ2v) is 6.23. The normalized spacial score (nSPS) is 11.2. The molecule has 0 aliphatic heterocycles. The first-order chi connectivity index (χ1) is 13.4. The topological polar surface area (TPSA) is 102 Å². The number of nitrogens with one attached hydrogen (secondary N) is 2. The molecule has 146 valence electrons. The summed E-state index contributed by atoms with van der Waals surface area (Å²) in [6, 6.07) is 15.3. The van der Waals surface area contributed by atoms with Gasteiger partial charge in [0.1, 0.15) is 0 Å². The minimum absolute atomic E-state index is 0.181. The number of hydrazine groups is 1. The Bertz CT molecular complexity index is 847. The Kier molecular flexibility index (Phi) is 7.45. The average Bonchev–Trinajstić information content (AvgIpc) is 2.71. The third-order valence-electron chi connectivity index (χ3n) is 3.92. The molecule has 28 heavy (non-hydrogen) atoms. The van der Waals surface area contributed by atoms with E-state index in [4.69, 9.17) is 4.74 Å². The van der Waals surface area contributed by atoms with Crippen molar-refractivity contribution in [2.24, 2.45) is 0 Å². The minimum Gasteiger partial charge on any atom is -0.454 e. The van der Waals surface area contributed by atoms with Gasteiger partial charge in [-0.2, -0.15) is 0 Å². The summed E-state index contributed by atoms with van der Waals surface area (Å²) in [5.74, 6) is -1.99. The van der Waals surface area contributed by atoms with E-state index in [9.17, 15) is 19.2 Å². The molecule has 0 aromatic heterocycles. The Hall–Kier alpha value is -3.48. The van der Waals surface area contributed by atoms with Gasteiger partial charge in [0.05, 0.1) is 6.42 Å². The van der Waals surface area contributed by atoms with Gasteiger partial charge in [-0.1, -0.05) is 48.0 Å². The molecule has 0 spiro atoms. The lowest BCUT2D eigenvalue weighted by molar-refractivity contribution is -0.147. The largest absolute Gasteiger partial charge is 0.454 e. The number of ketones is 1. The number of esters is 1. The minimum atomic E-state index is -0.948. The number of carbonyl (C=O) groups is 4. The third-order valence-corrected chi connectivity index (χ3v) is 3.92. The monoisotopic (exact) mass is 382 g/mol. The van der Waals surface area contributed by atoms with E-state index in [1.165, 1.54) is 6.92 Å². The number of carbonyl (C=O) groups excluding carboxylic acids is 4. The van der Waals surface area contributed by atoms with Crippen LogP contribution in [-0.4, -0.2) is 29.7 Å². The van der Waals surface area contributed by atoms with Crippen molar-refractivity contribution in [2.75, 3.05) is 0 Å². The van der Waals surface area contributed by atoms with E-state index in [1.54, 1.807) is 54.6 Å². The maximum Gasteiger partial charge on any atom is 0.307 e. The number of aryl methyl sites for hydroxylation is 1. The number of hydrogen-bond donors (Lipinski definition) is 2. The molecular weight excluding hydrogens is 360 g/mol. The second kappa shape index (κ2) is 10.0. The number of benzene rings is 2. The van der Waals surface area contributed by atoms with Crippen LogP contribution in [0.2, 0.25) is 0 Å². The van der Waals surface area contributed by atoms with E-state index < -0.39 is 23.9 Å². The van der Waals surface area contributed by atoms with E-state index in [1.807, 2.05) is 6.92 Å². The molecule has 0 saturated heterocycles. The summed E-state index contributed by atoms with van der Waals surface area (Å²) in [6.07, 6.45) is -1.34. The van der Waals surface area contributed by atoms with Crippen molar-refractivity contribution in [1.29, 1.82) is 0 Å². The Morgan fingerprint density at radius 3 is 2.14 bits per heavy atom. The van der Waals surface area contributed by atoms with Crippen molar-refractivity contribution >= 4 is 23.6 Å². The molecule has 7 nitrogen and oxygen atoms in total. The van der Waals surface area contributed by atoms with Gasteiger partial charge in [-0.3, -0.25) is 30.0 Å². The zero-order valence-electron chi connectivity index (χ0n) is 15.7. The molecule has 1 atom stereocenters. The lowest BCUT2D eigenvalue weighted by atomic mass is 10.1. The fourth-order valence-corrected chi connectivity index (χ4v) is 2.33. The van der Waals surface area contributed by atoms with Gasteiger partial charge < -0.3 is 4.74 Å². The fourth-order valence-electron chi connectivity index (χ4n) is 2.33. The van der Waals surface area contributed by atoms with Crippen LogP contribution in [0, 0.1) is 6.92 Å². The van der Waals surface area contributed by atoms with Crippen LogP contribution in [0.25, 0.3) is 0 Å². The molecule has 0 bridgehead atoms. The van der Waals surface area contributed by atoms with Crippen LogP contribution in [-0.2, 0) is 14.3 Å². The molecule has 0 radical (unpaired) electrons. The Morgan fingerprint density at radius 2 is 1.50 bits per heavy atom. The Labute approximate surface area is 163 Å². The predicted molar refractivity (Wildman–Crippen MR) is 102 cm³/mol. The summed E-state index contributed by atoms with van der Waals surface area (Å²) in [7, 11) is 0. The van der Waals surface area contributed by atoms with Gasteiger partial charge in [0.2, 0.25) is 11.7 Å². The number of ether oxygens (including phenoxy) is 1. The standard InChI is InChI=1S/C21H22N2O5/c1-14-8-10-16(11-9-14)20(26)15(2)28-19(25)13-12-18(24)22-23-21(27)17-6-4-3-5-7-17/h3-11,15H,12-13H2,1-2H3,(H,22,24)(H,23,27). The summed E-state index contributed by atoms with van der Waals surface area (Å²) in [6.45, 7) is 3.39. The average molecular weight is 382 g/mol. The fraction of sp³-hybridized carbons (Fsp3) is 0.238. The first-order valence-electron chi connectivity index (χ1n) is 8.81.